The lowest BCUT2D eigenvalue weighted by molar-refractivity contribution is 0.221. The molecule has 1 atom stereocenters. The molecular formula is C16H14N2O. The molecule has 0 bridgehead atoms. The molecule has 0 radical (unpaired) electrons. The van der Waals surface area contributed by atoms with Crippen LogP contribution in [0.15, 0.2) is 54.9 Å². The van der Waals surface area contributed by atoms with E-state index >= 15 is 0 Å². The van der Waals surface area contributed by atoms with Crippen LogP contribution in [0.2, 0.25) is 0 Å². The molecule has 0 amide bonds. The number of hydrogen-bond donors (Lipinski definition) is 1. The number of aliphatic hydroxyl groups excluding tert-OH is 1. The Balaban J connectivity index is 2.11. The predicted molar refractivity (Wildman–Crippen MR) is 74.8 cm³/mol. The Kier molecular flexibility index (Phi) is 2.97. The number of pyridine rings is 2. The van der Waals surface area contributed by atoms with Crippen molar-refractivity contribution in [2.24, 2.45) is 0 Å². The quantitative estimate of drug-likeness (QED) is 0.760. The lowest BCUT2D eigenvalue weighted by atomic mass is 9.98. The van der Waals surface area contributed by atoms with E-state index in [-0.39, 0.29) is 0 Å². The second-order valence-electron chi connectivity index (χ2n) is 4.55. The van der Waals surface area contributed by atoms with E-state index in [0.29, 0.717) is 0 Å². The van der Waals surface area contributed by atoms with Crippen LogP contribution in [0.1, 0.15) is 22.9 Å². The SMILES string of the molecule is Cc1ccc(C(O)c2cccc3ncccc23)cn1. The molecule has 3 rings (SSSR count). The van der Waals surface area contributed by atoms with Crippen LogP contribution in [0.3, 0.4) is 0 Å². The Hall–Kier alpha value is -2.26. The third-order valence-corrected chi connectivity index (χ3v) is 3.22. The van der Waals surface area contributed by atoms with Gasteiger partial charge in [-0.2, -0.15) is 0 Å². The van der Waals surface area contributed by atoms with Crippen molar-refractivity contribution in [3.8, 4) is 0 Å². The number of rotatable bonds is 2. The number of aromatic nitrogens is 2. The Morgan fingerprint density at radius 1 is 1.00 bits per heavy atom. The number of aliphatic hydroxyl groups is 1. The fourth-order valence-electron chi connectivity index (χ4n) is 2.19. The van der Waals surface area contributed by atoms with E-state index in [1.807, 2.05) is 49.4 Å². The maximum absolute atomic E-state index is 10.5. The van der Waals surface area contributed by atoms with Crippen molar-refractivity contribution in [2.75, 3.05) is 0 Å². The van der Waals surface area contributed by atoms with Crippen LogP contribution >= 0.6 is 0 Å². The summed E-state index contributed by atoms with van der Waals surface area (Å²) >= 11 is 0. The van der Waals surface area contributed by atoms with E-state index in [1.165, 1.54) is 0 Å². The molecule has 0 saturated heterocycles. The zero-order chi connectivity index (χ0) is 13.2. The summed E-state index contributed by atoms with van der Waals surface area (Å²) in [6.07, 6.45) is 2.79. The first-order valence-electron chi connectivity index (χ1n) is 6.20. The molecule has 3 heteroatoms. The van der Waals surface area contributed by atoms with Crippen molar-refractivity contribution in [1.29, 1.82) is 0 Å². The first-order chi connectivity index (χ1) is 9.25. The van der Waals surface area contributed by atoms with Crippen molar-refractivity contribution < 1.29 is 5.11 Å². The number of fused-ring (bicyclic) bond motifs is 1. The highest BCUT2D eigenvalue weighted by molar-refractivity contribution is 5.82. The minimum Gasteiger partial charge on any atom is -0.384 e. The third kappa shape index (κ3) is 2.20. The maximum Gasteiger partial charge on any atom is 0.106 e. The van der Waals surface area contributed by atoms with E-state index in [2.05, 4.69) is 9.97 Å². The minimum absolute atomic E-state index is 0.680. The van der Waals surface area contributed by atoms with Gasteiger partial charge in [0.2, 0.25) is 0 Å². The summed E-state index contributed by atoms with van der Waals surface area (Å²) in [7, 11) is 0. The Bertz CT molecular complexity index is 702. The monoisotopic (exact) mass is 250 g/mol. The average Bonchev–Trinajstić information content (AvgIpc) is 2.47. The van der Waals surface area contributed by atoms with Gasteiger partial charge in [-0.1, -0.05) is 24.3 Å². The summed E-state index contributed by atoms with van der Waals surface area (Å²) in [5.41, 5.74) is 3.48. The largest absolute Gasteiger partial charge is 0.384 e. The van der Waals surface area contributed by atoms with Gasteiger partial charge in [-0.15, -0.1) is 0 Å². The molecule has 94 valence electrons. The van der Waals surface area contributed by atoms with E-state index in [4.69, 9.17) is 0 Å². The van der Waals surface area contributed by atoms with Crippen LogP contribution in [0.25, 0.3) is 10.9 Å². The Labute approximate surface area is 111 Å². The maximum atomic E-state index is 10.5. The zero-order valence-electron chi connectivity index (χ0n) is 10.6. The zero-order valence-corrected chi connectivity index (χ0v) is 10.6. The third-order valence-electron chi connectivity index (χ3n) is 3.22. The second-order valence-corrected chi connectivity index (χ2v) is 4.55. The molecule has 3 aromatic rings. The lowest BCUT2D eigenvalue weighted by Crippen LogP contribution is -2.01. The molecular weight excluding hydrogens is 236 g/mol. The standard InChI is InChI=1S/C16H14N2O/c1-11-7-8-12(10-18-11)16(19)14-4-2-6-15-13(14)5-3-9-17-15/h2-10,16,19H,1H3. The smallest absolute Gasteiger partial charge is 0.106 e. The molecule has 0 aliphatic carbocycles. The van der Waals surface area contributed by atoms with Crippen molar-refractivity contribution in [1.82, 2.24) is 9.97 Å². The van der Waals surface area contributed by atoms with Crippen molar-refractivity contribution >= 4 is 10.9 Å². The molecule has 1 unspecified atom stereocenters. The van der Waals surface area contributed by atoms with E-state index in [9.17, 15) is 5.11 Å². The summed E-state index contributed by atoms with van der Waals surface area (Å²) in [6.45, 7) is 1.93. The van der Waals surface area contributed by atoms with Gasteiger partial charge in [0.1, 0.15) is 6.10 Å². The fourth-order valence-corrected chi connectivity index (χ4v) is 2.19. The van der Waals surface area contributed by atoms with Gasteiger partial charge < -0.3 is 5.11 Å². The summed E-state index contributed by atoms with van der Waals surface area (Å²) in [6, 6.07) is 13.4. The fraction of sp³-hybridized carbons (Fsp3) is 0.125. The topological polar surface area (TPSA) is 46.0 Å². The molecule has 2 heterocycles. The molecule has 1 aromatic carbocycles. The molecule has 0 aliphatic rings. The highest BCUT2D eigenvalue weighted by Crippen LogP contribution is 2.27. The molecule has 3 nitrogen and oxygen atoms in total. The highest BCUT2D eigenvalue weighted by Gasteiger charge is 2.13. The van der Waals surface area contributed by atoms with E-state index in [1.54, 1.807) is 12.4 Å². The Morgan fingerprint density at radius 3 is 2.68 bits per heavy atom. The highest BCUT2D eigenvalue weighted by atomic mass is 16.3. The van der Waals surface area contributed by atoms with Crippen LogP contribution < -0.4 is 0 Å². The van der Waals surface area contributed by atoms with Crippen LogP contribution in [0, 0.1) is 6.92 Å². The Morgan fingerprint density at radius 2 is 1.89 bits per heavy atom. The minimum atomic E-state index is -0.680. The normalized spacial score (nSPS) is 12.5. The van der Waals surface area contributed by atoms with Gasteiger partial charge in [0.05, 0.1) is 5.52 Å². The molecule has 1 N–H and O–H groups in total. The van der Waals surface area contributed by atoms with E-state index in [0.717, 1.165) is 27.7 Å². The number of benzene rings is 1. The van der Waals surface area contributed by atoms with Gasteiger partial charge in [0, 0.05) is 29.0 Å². The van der Waals surface area contributed by atoms with Gasteiger partial charge in [-0.25, -0.2) is 0 Å². The number of nitrogens with zero attached hydrogens (tertiary/aromatic N) is 2. The molecule has 0 fully saturated rings. The van der Waals surface area contributed by atoms with Crippen molar-refractivity contribution in [3.63, 3.8) is 0 Å². The van der Waals surface area contributed by atoms with Gasteiger partial charge >= 0.3 is 0 Å². The number of aryl methyl sites for hydroxylation is 1. The van der Waals surface area contributed by atoms with Crippen LogP contribution in [0.4, 0.5) is 0 Å². The second kappa shape index (κ2) is 4.78. The van der Waals surface area contributed by atoms with Gasteiger partial charge in [0.25, 0.3) is 0 Å². The summed E-state index contributed by atoms with van der Waals surface area (Å²) < 4.78 is 0. The molecule has 0 aliphatic heterocycles. The van der Waals surface area contributed by atoms with Crippen molar-refractivity contribution in [2.45, 2.75) is 13.0 Å². The predicted octanol–water partition coefficient (Wildman–Crippen LogP) is 3.02. The first-order valence-corrected chi connectivity index (χ1v) is 6.20. The number of hydrogen-bond acceptors (Lipinski definition) is 3. The van der Waals surface area contributed by atoms with Gasteiger partial charge in [-0.3, -0.25) is 9.97 Å². The molecule has 2 aromatic heterocycles. The van der Waals surface area contributed by atoms with Crippen molar-refractivity contribution in [3.05, 3.63) is 71.7 Å². The summed E-state index contributed by atoms with van der Waals surface area (Å²) in [4.78, 5) is 8.54. The molecule has 0 saturated carbocycles. The molecule has 0 spiro atoms. The van der Waals surface area contributed by atoms with Gasteiger partial charge in [0.15, 0.2) is 0 Å². The molecule has 19 heavy (non-hydrogen) atoms. The average molecular weight is 250 g/mol. The lowest BCUT2D eigenvalue weighted by Gasteiger charge is -2.13. The summed E-state index contributed by atoms with van der Waals surface area (Å²) in [5, 5.41) is 11.5. The first kappa shape index (κ1) is 11.8. The van der Waals surface area contributed by atoms with E-state index < -0.39 is 6.10 Å². The summed E-state index contributed by atoms with van der Waals surface area (Å²) in [5.74, 6) is 0. The van der Waals surface area contributed by atoms with Gasteiger partial charge in [-0.05, 0) is 30.7 Å². The van der Waals surface area contributed by atoms with Crippen LogP contribution in [-0.4, -0.2) is 15.1 Å². The van der Waals surface area contributed by atoms with Crippen LogP contribution in [-0.2, 0) is 0 Å². The van der Waals surface area contributed by atoms with Crippen LogP contribution in [0.5, 0.6) is 0 Å².